The minimum Gasteiger partial charge on any atom is -0.431 e. The summed E-state index contributed by atoms with van der Waals surface area (Å²) in [5.74, 6) is 0.270. The summed E-state index contributed by atoms with van der Waals surface area (Å²) in [6.45, 7) is 3.22. The van der Waals surface area contributed by atoms with E-state index in [1.54, 1.807) is 38.1 Å². The van der Waals surface area contributed by atoms with Crippen LogP contribution in [0.15, 0.2) is 36.5 Å². The van der Waals surface area contributed by atoms with Crippen molar-refractivity contribution in [1.82, 2.24) is 4.98 Å². The SMILES string of the molecule is Cc1cccc(Oc2ncccc2[C@H](C)O)c1[N+](=O)[O-]. The number of aliphatic hydroxyl groups is 1. The summed E-state index contributed by atoms with van der Waals surface area (Å²) in [6.07, 6.45) is 0.727. The van der Waals surface area contributed by atoms with Crippen molar-refractivity contribution in [1.29, 1.82) is 0 Å². The van der Waals surface area contributed by atoms with Gasteiger partial charge in [-0.05, 0) is 32.0 Å². The third kappa shape index (κ3) is 2.75. The van der Waals surface area contributed by atoms with Crippen molar-refractivity contribution in [2.24, 2.45) is 0 Å². The number of aromatic nitrogens is 1. The highest BCUT2D eigenvalue weighted by atomic mass is 16.6. The fourth-order valence-electron chi connectivity index (χ4n) is 1.86. The number of benzene rings is 1. The second-order valence-electron chi connectivity index (χ2n) is 4.35. The van der Waals surface area contributed by atoms with Gasteiger partial charge in [-0.1, -0.05) is 12.1 Å². The number of hydrogen-bond donors (Lipinski definition) is 1. The van der Waals surface area contributed by atoms with Gasteiger partial charge < -0.3 is 9.84 Å². The molecule has 0 saturated heterocycles. The lowest BCUT2D eigenvalue weighted by molar-refractivity contribution is -0.386. The van der Waals surface area contributed by atoms with Crippen LogP contribution in [0.3, 0.4) is 0 Å². The lowest BCUT2D eigenvalue weighted by Gasteiger charge is -2.12. The third-order valence-electron chi connectivity index (χ3n) is 2.84. The summed E-state index contributed by atoms with van der Waals surface area (Å²) in [7, 11) is 0. The van der Waals surface area contributed by atoms with Crippen molar-refractivity contribution in [3.05, 3.63) is 57.8 Å². The molecule has 1 aromatic carbocycles. The van der Waals surface area contributed by atoms with Crippen molar-refractivity contribution >= 4 is 5.69 Å². The molecular weight excluding hydrogens is 260 g/mol. The Labute approximate surface area is 115 Å². The van der Waals surface area contributed by atoms with Gasteiger partial charge in [0.2, 0.25) is 11.6 Å². The Morgan fingerprint density at radius 2 is 2.10 bits per heavy atom. The molecule has 0 fully saturated rings. The van der Waals surface area contributed by atoms with E-state index >= 15 is 0 Å². The predicted octanol–water partition coefficient (Wildman–Crippen LogP) is 3.14. The molecule has 1 N–H and O–H groups in total. The normalized spacial score (nSPS) is 11.9. The number of pyridine rings is 1. The molecule has 0 aliphatic heterocycles. The van der Waals surface area contributed by atoms with Gasteiger partial charge >= 0.3 is 5.69 Å². The molecule has 6 heteroatoms. The first-order valence-electron chi connectivity index (χ1n) is 6.05. The van der Waals surface area contributed by atoms with Crippen LogP contribution in [0.1, 0.15) is 24.2 Å². The Balaban J connectivity index is 2.46. The molecule has 104 valence electrons. The highest BCUT2D eigenvalue weighted by Crippen LogP contribution is 2.35. The minimum atomic E-state index is -0.775. The molecular formula is C14H14N2O4. The number of nitro benzene ring substituents is 1. The summed E-state index contributed by atoms with van der Waals surface area (Å²) >= 11 is 0. The van der Waals surface area contributed by atoms with Gasteiger partial charge in [-0.25, -0.2) is 4.98 Å². The smallest absolute Gasteiger partial charge is 0.314 e. The van der Waals surface area contributed by atoms with E-state index in [-0.39, 0.29) is 17.3 Å². The Kier molecular flexibility index (Phi) is 3.95. The zero-order valence-corrected chi connectivity index (χ0v) is 11.1. The van der Waals surface area contributed by atoms with Gasteiger partial charge in [-0.3, -0.25) is 10.1 Å². The van der Waals surface area contributed by atoms with Crippen LogP contribution in [-0.2, 0) is 0 Å². The van der Waals surface area contributed by atoms with E-state index in [0.29, 0.717) is 11.1 Å². The highest BCUT2D eigenvalue weighted by Gasteiger charge is 2.20. The van der Waals surface area contributed by atoms with E-state index in [2.05, 4.69) is 4.98 Å². The maximum absolute atomic E-state index is 11.1. The molecule has 1 heterocycles. The molecule has 6 nitrogen and oxygen atoms in total. The molecule has 0 spiro atoms. The van der Waals surface area contributed by atoms with Gasteiger partial charge in [-0.15, -0.1) is 0 Å². The fourth-order valence-corrected chi connectivity index (χ4v) is 1.86. The zero-order chi connectivity index (χ0) is 14.7. The average molecular weight is 274 g/mol. The minimum absolute atomic E-state index is 0.102. The van der Waals surface area contributed by atoms with Gasteiger partial charge in [0.1, 0.15) is 0 Å². The van der Waals surface area contributed by atoms with Crippen LogP contribution in [0.25, 0.3) is 0 Å². The molecule has 0 bridgehead atoms. The first-order chi connectivity index (χ1) is 9.50. The average Bonchev–Trinajstić information content (AvgIpc) is 2.38. The summed E-state index contributed by atoms with van der Waals surface area (Å²) in [5.41, 5.74) is 0.875. The Bertz CT molecular complexity index is 641. The van der Waals surface area contributed by atoms with Crippen molar-refractivity contribution in [3.63, 3.8) is 0 Å². The van der Waals surface area contributed by atoms with Crippen molar-refractivity contribution < 1.29 is 14.8 Å². The lowest BCUT2D eigenvalue weighted by atomic mass is 10.1. The largest absolute Gasteiger partial charge is 0.431 e. The second kappa shape index (κ2) is 5.66. The fraction of sp³-hybridized carbons (Fsp3) is 0.214. The highest BCUT2D eigenvalue weighted by molar-refractivity contribution is 5.53. The van der Waals surface area contributed by atoms with Crippen LogP contribution in [-0.4, -0.2) is 15.0 Å². The quantitative estimate of drug-likeness (QED) is 0.683. The zero-order valence-electron chi connectivity index (χ0n) is 11.1. The van der Waals surface area contributed by atoms with Crippen LogP contribution >= 0.6 is 0 Å². The van der Waals surface area contributed by atoms with Crippen LogP contribution < -0.4 is 4.74 Å². The number of nitro groups is 1. The first kappa shape index (κ1) is 14.0. The van der Waals surface area contributed by atoms with Gasteiger partial charge in [0.25, 0.3) is 0 Å². The summed E-state index contributed by atoms with van der Waals surface area (Å²) < 4.78 is 5.53. The topological polar surface area (TPSA) is 85.5 Å². The second-order valence-corrected chi connectivity index (χ2v) is 4.35. The van der Waals surface area contributed by atoms with Gasteiger partial charge in [-0.2, -0.15) is 0 Å². The molecule has 0 saturated carbocycles. The lowest BCUT2D eigenvalue weighted by Crippen LogP contribution is -2.01. The van der Waals surface area contributed by atoms with E-state index in [9.17, 15) is 15.2 Å². The Hall–Kier alpha value is -2.47. The molecule has 0 aliphatic rings. The summed E-state index contributed by atoms with van der Waals surface area (Å²) in [4.78, 5) is 14.6. The number of rotatable bonds is 4. The van der Waals surface area contributed by atoms with E-state index in [0.717, 1.165) is 0 Å². The third-order valence-corrected chi connectivity index (χ3v) is 2.84. The summed E-state index contributed by atoms with van der Waals surface area (Å²) in [5, 5.41) is 20.8. The van der Waals surface area contributed by atoms with E-state index in [1.165, 1.54) is 12.3 Å². The van der Waals surface area contributed by atoms with Crippen molar-refractivity contribution in [3.8, 4) is 11.6 Å². The van der Waals surface area contributed by atoms with Crippen LogP contribution in [0.4, 0.5) is 5.69 Å². The number of ether oxygens (including phenoxy) is 1. The van der Waals surface area contributed by atoms with Gasteiger partial charge in [0, 0.05) is 17.3 Å². The Morgan fingerprint density at radius 1 is 1.35 bits per heavy atom. The maximum atomic E-state index is 11.1. The number of aliphatic hydroxyl groups excluding tert-OH is 1. The molecule has 1 aromatic heterocycles. The number of para-hydroxylation sites is 1. The molecule has 0 radical (unpaired) electrons. The number of nitrogens with zero attached hydrogens (tertiary/aromatic N) is 2. The van der Waals surface area contributed by atoms with E-state index < -0.39 is 11.0 Å². The predicted molar refractivity (Wildman–Crippen MR) is 72.8 cm³/mol. The molecule has 0 aliphatic carbocycles. The molecule has 1 atom stereocenters. The first-order valence-corrected chi connectivity index (χ1v) is 6.05. The van der Waals surface area contributed by atoms with E-state index in [1.807, 2.05) is 0 Å². The number of aryl methyl sites for hydroxylation is 1. The monoisotopic (exact) mass is 274 g/mol. The maximum Gasteiger partial charge on any atom is 0.314 e. The van der Waals surface area contributed by atoms with Gasteiger partial charge in [0.15, 0.2) is 0 Å². The van der Waals surface area contributed by atoms with Crippen LogP contribution in [0.2, 0.25) is 0 Å². The number of hydrogen-bond acceptors (Lipinski definition) is 5. The Morgan fingerprint density at radius 3 is 2.75 bits per heavy atom. The standard InChI is InChI=1S/C14H14N2O4/c1-9-5-3-7-12(13(9)16(18)19)20-14-11(10(2)17)6-4-8-15-14/h3-8,10,17H,1-2H3/t10-/m0/s1. The van der Waals surface area contributed by atoms with E-state index in [4.69, 9.17) is 4.74 Å². The molecule has 0 unspecified atom stereocenters. The van der Waals surface area contributed by atoms with Gasteiger partial charge in [0.05, 0.1) is 11.0 Å². The molecule has 20 heavy (non-hydrogen) atoms. The van der Waals surface area contributed by atoms with Crippen molar-refractivity contribution in [2.75, 3.05) is 0 Å². The summed E-state index contributed by atoms with van der Waals surface area (Å²) in [6, 6.07) is 8.14. The van der Waals surface area contributed by atoms with Crippen LogP contribution in [0, 0.1) is 17.0 Å². The van der Waals surface area contributed by atoms with Crippen molar-refractivity contribution in [2.45, 2.75) is 20.0 Å². The van der Waals surface area contributed by atoms with Crippen LogP contribution in [0.5, 0.6) is 11.6 Å². The molecule has 0 amide bonds. The molecule has 2 rings (SSSR count). The molecule has 2 aromatic rings.